The van der Waals surface area contributed by atoms with Crippen LogP contribution in [0.2, 0.25) is 0 Å². The largest absolute Gasteiger partial charge is 0.292 e. The van der Waals surface area contributed by atoms with Crippen molar-refractivity contribution >= 4 is 12.1 Å². The summed E-state index contributed by atoms with van der Waals surface area (Å²) in [6, 6.07) is 7.93. The van der Waals surface area contributed by atoms with E-state index in [0.29, 0.717) is 5.69 Å². The summed E-state index contributed by atoms with van der Waals surface area (Å²) in [5.74, 6) is -0.252. The average molecular weight is 282 g/mol. The number of fused-ring (bicyclic) bond motifs is 1. The van der Waals surface area contributed by atoms with Crippen LogP contribution < -0.4 is 5.43 Å². The van der Waals surface area contributed by atoms with Crippen LogP contribution in [0.3, 0.4) is 0 Å². The number of nitrogens with zero attached hydrogens (tertiary/aromatic N) is 2. The number of hydrogen-bond donors (Lipinski definition) is 2. The minimum atomic E-state index is -0.252. The molecule has 0 atom stereocenters. The molecular weight excluding hydrogens is 264 g/mol. The Kier molecular flexibility index (Phi) is 3.81. The topological polar surface area (TPSA) is 70.1 Å². The van der Waals surface area contributed by atoms with Gasteiger partial charge in [-0.15, -0.1) is 0 Å². The van der Waals surface area contributed by atoms with Crippen LogP contribution >= 0.6 is 0 Å². The summed E-state index contributed by atoms with van der Waals surface area (Å²) < 4.78 is 0. The van der Waals surface area contributed by atoms with E-state index in [9.17, 15) is 4.79 Å². The molecule has 0 radical (unpaired) electrons. The van der Waals surface area contributed by atoms with Gasteiger partial charge in [0.05, 0.1) is 6.21 Å². The van der Waals surface area contributed by atoms with E-state index < -0.39 is 0 Å². The first-order valence-corrected chi connectivity index (χ1v) is 7.20. The fourth-order valence-electron chi connectivity index (χ4n) is 2.54. The second-order valence-corrected chi connectivity index (χ2v) is 5.35. The summed E-state index contributed by atoms with van der Waals surface area (Å²) in [5.41, 5.74) is 7.30. The third kappa shape index (κ3) is 3.02. The lowest BCUT2D eigenvalue weighted by atomic mass is 9.96. The molecule has 3 rings (SSSR count). The number of nitrogens with one attached hydrogen (secondary N) is 2. The molecule has 0 aliphatic heterocycles. The molecule has 0 saturated heterocycles. The second-order valence-electron chi connectivity index (χ2n) is 5.35. The average Bonchev–Trinajstić information content (AvgIpc) is 2.93. The Morgan fingerprint density at radius 3 is 2.86 bits per heavy atom. The third-order valence-corrected chi connectivity index (χ3v) is 3.73. The maximum Gasteiger partial charge on any atom is 0.292 e. The molecule has 108 valence electrons. The zero-order chi connectivity index (χ0) is 14.7. The zero-order valence-corrected chi connectivity index (χ0v) is 12.0. The Bertz CT molecular complexity index is 670. The Labute approximate surface area is 123 Å². The van der Waals surface area contributed by atoms with Crippen LogP contribution in [0.15, 0.2) is 29.4 Å². The van der Waals surface area contributed by atoms with Gasteiger partial charge in [-0.05, 0) is 38.2 Å². The maximum absolute atomic E-state index is 12.1. The molecular formula is C16H18N4O. The molecule has 0 unspecified atom stereocenters. The van der Waals surface area contributed by atoms with Crippen molar-refractivity contribution in [3.63, 3.8) is 0 Å². The molecule has 5 heteroatoms. The summed E-state index contributed by atoms with van der Waals surface area (Å²) in [7, 11) is 0. The van der Waals surface area contributed by atoms with Gasteiger partial charge < -0.3 is 0 Å². The monoisotopic (exact) mass is 282 g/mol. The smallest absolute Gasteiger partial charge is 0.281 e. The molecule has 0 saturated carbocycles. The van der Waals surface area contributed by atoms with Gasteiger partial charge in [-0.1, -0.05) is 29.8 Å². The maximum atomic E-state index is 12.1. The van der Waals surface area contributed by atoms with Crippen molar-refractivity contribution in [1.82, 2.24) is 15.6 Å². The van der Waals surface area contributed by atoms with Crippen LogP contribution in [-0.4, -0.2) is 22.3 Å². The second kappa shape index (κ2) is 5.91. The van der Waals surface area contributed by atoms with Crippen molar-refractivity contribution in [2.45, 2.75) is 32.6 Å². The van der Waals surface area contributed by atoms with Gasteiger partial charge in [0, 0.05) is 11.3 Å². The third-order valence-electron chi connectivity index (χ3n) is 3.73. The minimum absolute atomic E-state index is 0.252. The van der Waals surface area contributed by atoms with E-state index in [0.717, 1.165) is 42.5 Å². The number of hydrogen-bond acceptors (Lipinski definition) is 3. The highest BCUT2D eigenvalue weighted by atomic mass is 16.2. The van der Waals surface area contributed by atoms with Gasteiger partial charge in [0.15, 0.2) is 5.69 Å². The van der Waals surface area contributed by atoms with Crippen molar-refractivity contribution in [2.75, 3.05) is 0 Å². The Balaban J connectivity index is 1.66. The molecule has 1 aromatic heterocycles. The quantitative estimate of drug-likeness (QED) is 0.670. The SMILES string of the molecule is Cc1ccc(/C=N\NC(=O)c2n[nH]c3c2CCCC3)cc1. The highest BCUT2D eigenvalue weighted by Gasteiger charge is 2.21. The summed E-state index contributed by atoms with van der Waals surface area (Å²) in [6.07, 6.45) is 5.79. The van der Waals surface area contributed by atoms with E-state index >= 15 is 0 Å². The Hall–Kier alpha value is -2.43. The number of rotatable bonds is 3. The van der Waals surface area contributed by atoms with Gasteiger partial charge in [-0.25, -0.2) is 5.43 Å². The molecule has 21 heavy (non-hydrogen) atoms. The summed E-state index contributed by atoms with van der Waals surface area (Å²) >= 11 is 0. The van der Waals surface area contributed by atoms with Crippen molar-refractivity contribution in [3.8, 4) is 0 Å². The summed E-state index contributed by atoms with van der Waals surface area (Å²) in [4.78, 5) is 12.1. The Morgan fingerprint density at radius 2 is 2.05 bits per heavy atom. The summed E-state index contributed by atoms with van der Waals surface area (Å²) in [6.45, 7) is 2.03. The predicted molar refractivity (Wildman–Crippen MR) is 81.5 cm³/mol. The van der Waals surface area contributed by atoms with Crippen LogP contribution in [-0.2, 0) is 12.8 Å². The Morgan fingerprint density at radius 1 is 1.29 bits per heavy atom. The first-order valence-electron chi connectivity index (χ1n) is 7.20. The zero-order valence-electron chi connectivity index (χ0n) is 12.0. The molecule has 1 aromatic carbocycles. The van der Waals surface area contributed by atoms with E-state index in [4.69, 9.17) is 0 Å². The molecule has 2 aromatic rings. The van der Waals surface area contributed by atoms with E-state index in [2.05, 4.69) is 20.7 Å². The van der Waals surface area contributed by atoms with Crippen molar-refractivity contribution in [3.05, 3.63) is 52.3 Å². The highest BCUT2D eigenvalue weighted by Crippen LogP contribution is 2.21. The number of aryl methyl sites for hydroxylation is 2. The molecule has 0 bridgehead atoms. The molecule has 0 fully saturated rings. The van der Waals surface area contributed by atoms with Crippen molar-refractivity contribution in [2.24, 2.45) is 5.10 Å². The van der Waals surface area contributed by atoms with Gasteiger partial charge in [0.1, 0.15) is 0 Å². The number of benzene rings is 1. The highest BCUT2D eigenvalue weighted by molar-refractivity contribution is 5.94. The number of aromatic amines is 1. The van der Waals surface area contributed by atoms with Crippen LogP contribution in [0.25, 0.3) is 0 Å². The fourth-order valence-corrected chi connectivity index (χ4v) is 2.54. The van der Waals surface area contributed by atoms with Gasteiger partial charge in [0.2, 0.25) is 0 Å². The number of amides is 1. The lowest BCUT2D eigenvalue weighted by Crippen LogP contribution is -2.20. The lowest BCUT2D eigenvalue weighted by Gasteiger charge is -2.10. The minimum Gasteiger partial charge on any atom is -0.281 e. The molecule has 5 nitrogen and oxygen atoms in total. The molecule has 1 heterocycles. The van der Waals surface area contributed by atoms with E-state index in [-0.39, 0.29) is 5.91 Å². The van der Waals surface area contributed by atoms with Gasteiger partial charge in [0.25, 0.3) is 5.91 Å². The number of carbonyl (C=O) groups is 1. The number of hydrazone groups is 1. The number of H-pyrrole nitrogens is 1. The normalized spacial score (nSPS) is 14.1. The molecule has 0 spiro atoms. The fraction of sp³-hybridized carbons (Fsp3) is 0.312. The molecule has 1 amide bonds. The predicted octanol–water partition coefficient (Wildman–Crippen LogP) is 2.36. The molecule has 2 N–H and O–H groups in total. The van der Waals surface area contributed by atoms with Crippen LogP contribution in [0.1, 0.15) is 45.7 Å². The van der Waals surface area contributed by atoms with Gasteiger partial charge in [-0.2, -0.15) is 10.2 Å². The van der Waals surface area contributed by atoms with Crippen molar-refractivity contribution in [1.29, 1.82) is 0 Å². The summed E-state index contributed by atoms with van der Waals surface area (Å²) in [5, 5.41) is 11.1. The van der Waals surface area contributed by atoms with Crippen LogP contribution in [0.4, 0.5) is 0 Å². The van der Waals surface area contributed by atoms with Crippen LogP contribution in [0, 0.1) is 6.92 Å². The number of carbonyl (C=O) groups excluding carboxylic acids is 1. The van der Waals surface area contributed by atoms with E-state index in [1.54, 1.807) is 6.21 Å². The van der Waals surface area contributed by atoms with Gasteiger partial charge >= 0.3 is 0 Å². The molecule has 1 aliphatic carbocycles. The standard InChI is InChI=1S/C16H18N4O/c1-11-6-8-12(9-7-11)10-17-20-16(21)15-13-4-2-3-5-14(13)18-19-15/h6-10H,2-5H2,1H3,(H,18,19)(H,20,21)/b17-10-. The van der Waals surface area contributed by atoms with Crippen LogP contribution in [0.5, 0.6) is 0 Å². The van der Waals surface area contributed by atoms with E-state index in [1.807, 2.05) is 31.2 Å². The lowest BCUT2D eigenvalue weighted by molar-refractivity contribution is 0.0949. The first kappa shape index (κ1) is 13.5. The first-order chi connectivity index (χ1) is 10.2. The number of aromatic nitrogens is 2. The van der Waals surface area contributed by atoms with Gasteiger partial charge in [-0.3, -0.25) is 9.89 Å². The van der Waals surface area contributed by atoms with E-state index in [1.165, 1.54) is 5.56 Å². The molecule has 1 aliphatic rings. The van der Waals surface area contributed by atoms with Crippen molar-refractivity contribution < 1.29 is 4.79 Å².